The van der Waals surface area contributed by atoms with Gasteiger partial charge < -0.3 is 4.74 Å². The molecule has 1 aliphatic rings. The van der Waals surface area contributed by atoms with Crippen LogP contribution in [0.25, 0.3) is 5.57 Å². The number of benzene rings is 2. The van der Waals surface area contributed by atoms with Gasteiger partial charge in [0.05, 0.1) is 16.5 Å². The summed E-state index contributed by atoms with van der Waals surface area (Å²) in [6.45, 7) is 1.94. The number of hydrogen-bond acceptors (Lipinski definition) is 3. The molecule has 0 aliphatic heterocycles. The van der Waals surface area contributed by atoms with E-state index in [1.54, 1.807) is 26.1 Å². The summed E-state index contributed by atoms with van der Waals surface area (Å²) in [6.07, 6.45) is 5.02. The molecule has 0 radical (unpaired) electrons. The molecule has 0 fully saturated rings. The van der Waals surface area contributed by atoms with Crippen LogP contribution < -0.4 is 9.46 Å². The molecule has 3 rings (SSSR count). The van der Waals surface area contributed by atoms with Crippen LogP contribution >= 0.6 is 11.6 Å². The summed E-state index contributed by atoms with van der Waals surface area (Å²) in [4.78, 5) is 3.78. The molecule has 30 heavy (non-hydrogen) atoms. The molecule has 160 valence electrons. The van der Waals surface area contributed by atoms with Gasteiger partial charge in [-0.2, -0.15) is 0 Å². The maximum atomic E-state index is 14.5. The van der Waals surface area contributed by atoms with Crippen LogP contribution in [0.2, 0.25) is 5.02 Å². The average molecular weight is 453 g/mol. The van der Waals surface area contributed by atoms with Crippen LogP contribution in [0, 0.1) is 17.6 Å². The van der Waals surface area contributed by atoms with Gasteiger partial charge in [-0.1, -0.05) is 29.8 Å². The molecule has 1 aliphatic carbocycles. The minimum absolute atomic E-state index is 0.0695. The number of allylic oxidation sites excluding steroid dienone is 1. The highest BCUT2D eigenvalue weighted by Gasteiger charge is 2.22. The lowest BCUT2D eigenvalue weighted by molar-refractivity contribution is 0.267. The molecule has 0 saturated heterocycles. The van der Waals surface area contributed by atoms with Gasteiger partial charge >= 0.3 is 0 Å². The Hall–Kier alpha value is -2.25. The number of ether oxygens (including phenoxy) is 1. The van der Waals surface area contributed by atoms with E-state index in [0.29, 0.717) is 12.4 Å². The average Bonchev–Trinajstić information content (AvgIpc) is 2.74. The van der Waals surface area contributed by atoms with E-state index in [4.69, 9.17) is 16.3 Å². The van der Waals surface area contributed by atoms with Crippen molar-refractivity contribution in [2.45, 2.75) is 31.1 Å². The first-order valence-corrected chi connectivity index (χ1v) is 11.1. The summed E-state index contributed by atoms with van der Waals surface area (Å²) in [5.74, 6) is -0.261. The van der Waals surface area contributed by atoms with Gasteiger partial charge in [-0.3, -0.25) is 9.71 Å². The van der Waals surface area contributed by atoms with Gasteiger partial charge in [0.1, 0.15) is 23.2 Å². The first-order valence-electron chi connectivity index (χ1n) is 9.58. The second-order valence-electron chi connectivity index (χ2n) is 7.00. The van der Waals surface area contributed by atoms with Crippen molar-refractivity contribution >= 4 is 34.0 Å². The fraction of sp³-hybridized carbons (Fsp3) is 0.318. The molecule has 0 amide bonds. The van der Waals surface area contributed by atoms with E-state index in [9.17, 15) is 13.0 Å². The van der Waals surface area contributed by atoms with E-state index >= 15 is 0 Å². The summed E-state index contributed by atoms with van der Waals surface area (Å²) >= 11 is 6.26. The molecule has 2 aromatic rings. The summed E-state index contributed by atoms with van der Waals surface area (Å²) < 4.78 is 48.5. The van der Waals surface area contributed by atoms with Crippen molar-refractivity contribution in [3.8, 4) is 5.75 Å². The Labute approximate surface area is 182 Å². The van der Waals surface area contributed by atoms with E-state index in [0.717, 1.165) is 36.5 Å². The molecule has 0 heterocycles. The van der Waals surface area contributed by atoms with Gasteiger partial charge in [-0.15, -0.1) is 0 Å². The van der Waals surface area contributed by atoms with Crippen LogP contribution in [0.3, 0.4) is 0 Å². The van der Waals surface area contributed by atoms with E-state index in [1.165, 1.54) is 18.2 Å². The lowest BCUT2D eigenvalue weighted by Gasteiger charge is -2.25. The van der Waals surface area contributed by atoms with Crippen LogP contribution in [0.1, 0.15) is 31.7 Å². The second kappa shape index (κ2) is 10.2. The van der Waals surface area contributed by atoms with Crippen LogP contribution in [0.15, 0.2) is 52.4 Å². The van der Waals surface area contributed by atoms with Gasteiger partial charge in [0.15, 0.2) is 11.0 Å². The van der Waals surface area contributed by atoms with E-state index in [2.05, 4.69) is 15.8 Å². The van der Waals surface area contributed by atoms with E-state index in [1.807, 2.05) is 0 Å². The predicted octanol–water partition coefficient (Wildman–Crippen LogP) is 5.54. The Morgan fingerprint density at radius 3 is 2.73 bits per heavy atom. The minimum atomic E-state index is -1.82. The third-order valence-electron chi connectivity index (χ3n) is 4.94. The number of hydrogen-bond donors (Lipinski definition) is 1. The molecule has 4 nitrogen and oxygen atoms in total. The zero-order valence-corrected chi connectivity index (χ0v) is 18.3. The molecule has 0 saturated carbocycles. The Kier molecular flexibility index (Phi) is 7.61. The van der Waals surface area contributed by atoms with Crippen LogP contribution in [0.5, 0.6) is 5.75 Å². The molecule has 0 bridgehead atoms. The largest absolute Gasteiger partial charge is 0.491 e. The first kappa shape index (κ1) is 22.4. The van der Waals surface area contributed by atoms with E-state index in [-0.39, 0.29) is 27.4 Å². The Bertz CT molecular complexity index is 993. The second-order valence-corrected chi connectivity index (χ2v) is 8.59. The molecule has 2 atom stereocenters. The monoisotopic (exact) mass is 452 g/mol. The molecular weight excluding hydrogens is 430 g/mol. The molecule has 1 N–H and O–H groups in total. The quantitative estimate of drug-likeness (QED) is 0.462. The minimum Gasteiger partial charge on any atom is -0.491 e. The number of rotatable bonds is 6. The number of halogens is 3. The third-order valence-corrected chi connectivity index (χ3v) is 6.43. The van der Waals surface area contributed by atoms with Gasteiger partial charge in [0.25, 0.3) is 0 Å². The Balaban J connectivity index is 1.74. The van der Waals surface area contributed by atoms with Crippen molar-refractivity contribution in [2.75, 3.05) is 13.7 Å². The number of aliphatic imine (C=N–C) groups is 1. The summed E-state index contributed by atoms with van der Waals surface area (Å²) in [7, 11) is -0.279. The van der Waals surface area contributed by atoms with Crippen molar-refractivity contribution in [3.63, 3.8) is 0 Å². The van der Waals surface area contributed by atoms with Gasteiger partial charge in [-0.25, -0.2) is 13.0 Å². The smallest absolute Gasteiger partial charge is 0.154 e. The number of nitrogens with one attached hydrogen (secondary N) is 1. The Morgan fingerprint density at radius 2 is 2.03 bits per heavy atom. The third kappa shape index (κ3) is 5.46. The molecular formula is C22H23ClF2N2O2S. The number of amidine groups is 1. The van der Waals surface area contributed by atoms with Crippen molar-refractivity contribution in [2.24, 2.45) is 10.9 Å². The van der Waals surface area contributed by atoms with Crippen molar-refractivity contribution in [1.82, 2.24) is 4.72 Å². The lowest BCUT2D eigenvalue weighted by Crippen LogP contribution is -2.23. The maximum absolute atomic E-state index is 14.5. The lowest BCUT2D eigenvalue weighted by atomic mass is 9.84. The van der Waals surface area contributed by atoms with Gasteiger partial charge in [-0.05, 0) is 55.5 Å². The highest BCUT2D eigenvalue weighted by atomic mass is 35.5. The van der Waals surface area contributed by atoms with Crippen molar-refractivity contribution in [3.05, 3.63) is 64.7 Å². The fourth-order valence-corrected chi connectivity index (χ4v) is 4.51. The first-order chi connectivity index (χ1) is 14.4. The topological polar surface area (TPSA) is 50.7 Å². The van der Waals surface area contributed by atoms with Crippen molar-refractivity contribution < 1.29 is 17.7 Å². The normalized spacial score (nSPS) is 18.0. The summed E-state index contributed by atoms with van der Waals surface area (Å²) in [5.41, 5.74) is 2.04. The van der Waals surface area contributed by atoms with Crippen molar-refractivity contribution in [1.29, 1.82) is 0 Å². The zero-order chi connectivity index (χ0) is 21.7. The highest BCUT2D eigenvalue weighted by molar-refractivity contribution is 7.83. The summed E-state index contributed by atoms with van der Waals surface area (Å²) in [5, 5.41) is 0.177. The van der Waals surface area contributed by atoms with Crippen LogP contribution in [-0.4, -0.2) is 23.7 Å². The SMILES string of the molecule is CN=C(C)NS(=O)c1cc(Cl)c(OCC2CCCC=C2c2ccc(F)cc2)cc1F. The standard InChI is InChI=1S/C22H23ClF2N2O2S/c1-14(26-2)27-30(28)22-11-19(23)21(12-20(22)25)29-13-16-5-3-4-6-18(16)15-7-9-17(24)10-8-15/h6-12,16H,3-5,13H2,1-2H3,(H,26,27). The highest BCUT2D eigenvalue weighted by Crippen LogP contribution is 2.35. The molecule has 8 heteroatoms. The number of nitrogens with zero attached hydrogens (tertiary/aromatic N) is 1. The van der Waals surface area contributed by atoms with Crippen LogP contribution in [0.4, 0.5) is 8.78 Å². The molecule has 2 unspecified atom stereocenters. The predicted molar refractivity (Wildman–Crippen MR) is 117 cm³/mol. The fourth-order valence-electron chi connectivity index (χ4n) is 3.30. The maximum Gasteiger partial charge on any atom is 0.154 e. The summed E-state index contributed by atoms with van der Waals surface area (Å²) in [6, 6.07) is 8.84. The molecule has 2 aromatic carbocycles. The molecule has 0 spiro atoms. The van der Waals surface area contributed by atoms with Crippen LogP contribution in [-0.2, 0) is 11.0 Å². The Morgan fingerprint density at radius 1 is 1.30 bits per heavy atom. The van der Waals surface area contributed by atoms with Gasteiger partial charge in [0, 0.05) is 19.0 Å². The zero-order valence-electron chi connectivity index (χ0n) is 16.8. The molecule has 0 aromatic heterocycles. The van der Waals surface area contributed by atoms with E-state index < -0.39 is 16.8 Å². The van der Waals surface area contributed by atoms with Gasteiger partial charge in [0.2, 0.25) is 0 Å².